The van der Waals surface area contributed by atoms with Gasteiger partial charge in [-0.25, -0.2) is 19.3 Å². The Labute approximate surface area is 236 Å². The number of urea groups is 1. The van der Waals surface area contributed by atoms with Crippen LogP contribution in [0, 0.1) is 0 Å². The molecule has 0 aliphatic heterocycles. The number of aromatic nitrogens is 5. The van der Waals surface area contributed by atoms with E-state index in [4.69, 9.17) is 9.84 Å². The molecule has 10 heteroatoms. The SMILES string of the molecule is Cn1c(=O)[nH]c2nccc(Oc3ccc(NC(=O)Nc4cc(C(C)(C)C)nn4C4=CC=CCC4)c4ccccc34)c21. The standard InChI is InChI=1S/C31H31N7O3/c1-31(2,3)25-18-26(38(36-25)19-10-6-5-7-11-19)34-29(39)33-22-14-15-23(21-13-9-8-12-20(21)22)41-24-16-17-32-28-27(24)37(4)30(40)35-28/h5-6,8-10,12-18H,7,11H2,1-4H3,(H,32,35,40)(H2,33,34,39). The van der Waals surface area contributed by atoms with E-state index >= 15 is 0 Å². The Morgan fingerprint density at radius 1 is 1.05 bits per heavy atom. The number of nitrogens with zero attached hydrogens (tertiary/aromatic N) is 4. The molecular weight excluding hydrogens is 518 g/mol. The number of fused-ring (bicyclic) bond motifs is 2. The van der Waals surface area contributed by atoms with E-state index in [0.717, 1.165) is 35.0 Å². The molecule has 3 aromatic heterocycles. The molecule has 2 aromatic carbocycles. The number of anilines is 2. The third kappa shape index (κ3) is 5.00. The topological polar surface area (TPSA) is 119 Å². The minimum atomic E-state index is -0.379. The molecule has 3 heterocycles. The van der Waals surface area contributed by atoms with Gasteiger partial charge in [0.05, 0.1) is 11.4 Å². The maximum absolute atomic E-state index is 13.3. The first kappa shape index (κ1) is 26.1. The van der Waals surface area contributed by atoms with E-state index in [-0.39, 0.29) is 17.1 Å². The Morgan fingerprint density at radius 2 is 1.85 bits per heavy atom. The number of hydrogen-bond donors (Lipinski definition) is 3. The highest BCUT2D eigenvalue weighted by Gasteiger charge is 2.23. The predicted molar refractivity (Wildman–Crippen MR) is 162 cm³/mol. The van der Waals surface area contributed by atoms with Gasteiger partial charge in [-0.1, -0.05) is 57.2 Å². The number of pyridine rings is 1. The van der Waals surface area contributed by atoms with Crippen molar-refractivity contribution in [3.8, 4) is 11.5 Å². The number of carbonyl (C=O) groups excluding carboxylic acids is 1. The van der Waals surface area contributed by atoms with Crippen molar-refractivity contribution < 1.29 is 9.53 Å². The van der Waals surface area contributed by atoms with Crippen molar-refractivity contribution in [1.29, 1.82) is 0 Å². The molecule has 0 saturated carbocycles. The largest absolute Gasteiger partial charge is 0.454 e. The molecule has 1 aliphatic carbocycles. The second-order valence-corrected chi connectivity index (χ2v) is 11.0. The quantitative estimate of drug-likeness (QED) is 0.230. The summed E-state index contributed by atoms with van der Waals surface area (Å²) < 4.78 is 9.59. The van der Waals surface area contributed by atoms with E-state index in [1.165, 1.54) is 4.57 Å². The number of rotatable bonds is 5. The van der Waals surface area contributed by atoms with Crippen molar-refractivity contribution >= 4 is 45.2 Å². The molecule has 2 amide bonds. The van der Waals surface area contributed by atoms with Gasteiger partial charge in [0.2, 0.25) is 0 Å². The highest BCUT2D eigenvalue weighted by Crippen LogP contribution is 2.36. The van der Waals surface area contributed by atoms with E-state index in [2.05, 4.69) is 47.4 Å². The number of H-pyrrole nitrogens is 1. The average molecular weight is 550 g/mol. The third-order valence-electron chi connectivity index (χ3n) is 7.09. The molecular formula is C31H31N7O3. The molecule has 1 aliphatic rings. The van der Waals surface area contributed by atoms with Crippen LogP contribution in [0.15, 0.2) is 77.8 Å². The van der Waals surface area contributed by atoms with Crippen LogP contribution in [0.1, 0.15) is 39.3 Å². The second-order valence-electron chi connectivity index (χ2n) is 11.0. The summed E-state index contributed by atoms with van der Waals surface area (Å²) in [6.45, 7) is 6.29. The van der Waals surface area contributed by atoms with Crippen LogP contribution in [-0.2, 0) is 12.5 Å². The van der Waals surface area contributed by atoms with Gasteiger partial charge in [-0.3, -0.25) is 14.9 Å². The fourth-order valence-corrected chi connectivity index (χ4v) is 4.90. The van der Waals surface area contributed by atoms with E-state index < -0.39 is 0 Å². The number of ether oxygens (including phenoxy) is 1. The Bertz CT molecular complexity index is 1920. The van der Waals surface area contributed by atoms with Gasteiger partial charge in [-0.15, -0.1) is 0 Å². The van der Waals surface area contributed by atoms with Crippen LogP contribution in [0.25, 0.3) is 27.6 Å². The number of hydrogen-bond acceptors (Lipinski definition) is 5. The summed E-state index contributed by atoms with van der Waals surface area (Å²) in [6.07, 6.45) is 9.51. The first-order valence-electron chi connectivity index (χ1n) is 13.5. The summed E-state index contributed by atoms with van der Waals surface area (Å²) >= 11 is 0. The minimum absolute atomic E-state index is 0.178. The van der Waals surface area contributed by atoms with Gasteiger partial charge in [0.25, 0.3) is 0 Å². The number of imidazole rings is 1. The summed E-state index contributed by atoms with van der Waals surface area (Å²) in [4.78, 5) is 32.4. The Hall–Kier alpha value is -5.12. The molecule has 10 nitrogen and oxygen atoms in total. The normalized spacial score (nSPS) is 13.4. The lowest BCUT2D eigenvalue weighted by Gasteiger charge is -2.16. The summed E-state index contributed by atoms with van der Waals surface area (Å²) in [7, 11) is 1.66. The van der Waals surface area contributed by atoms with Gasteiger partial charge >= 0.3 is 11.7 Å². The number of allylic oxidation sites excluding steroid dienone is 4. The lowest BCUT2D eigenvalue weighted by Crippen LogP contribution is -2.21. The Balaban J connectivity index is 1.30. The molecule has 6 rings (SSSR count). The van der Waals surface area contributed by atoms with Gasteiger partial charge < -0.3 is 10.1 Å². The smallest absolute Gasteiger partial charge is 0.327 e. The lowest BCUT2D eigenvalue weighted by molar-refractivity contribution is 0.262. The molecule has 0 bridgehead atoms. The van der Waals surface area contributed by atoms with Crippen molar-refractivity contribution in [3.63, 3.8) is 0 Å². The number of amides is 2. The van der Waals surface area contributed by atoms with Crippen LogP contribution >= 0.6 is 0 Å². The Morgan fingerprint density at radius 3 is 2.61 bits per heavy atom. The molecule has 0 saturated heterocycles. The molecule has 0 spiro atoms. The van der Waals surface area contributed by atoms with Gasteiger partial charge in [0.15, 0.2) is 11.4 Å². The second kappa shape index (κ2) is 10.1. The lowest BCUT2D eigenvalue weighted by atomic mass is 9.92. The van der Waals surface area contributed by atoms with Crippen molar-refractivity contribution in [1.82, 2.24) is 24.3 Å². The predicted octanol–water partition coefficient (Wildman–Crippen LogP) is 6.54. The zero-order valence-corrected chi connectivity index (χ0v) is 23.4. The first-order chi connectivity index (χ1) is 19.7. The zero-order valence-electron chi connectivity index (χ0n) is 23.4. The van der Waals surface area contributed by atoms with Crippen LogP contribution in [0.5, 0.6) is 11.5 Å². The van der Waals surface area contributed by atoms with Crippen molar-refractivity contribution in [2.45, 2.75) is 39.0 Å². The number of aromatic amines is 1. The molecule has 208 valence electrons. The Kier molecular flexibility index (Phi) is 6.45. The highest BCUT2D eigenvalue weighted by molar-refractivity contribution is 6.07. The summed E-state index contributed by atoms with van der Waals surface area (Å²) in [5.41, 5.74) is 3.10. The van der Waals surface area contributed by atoms with Crippen LogP contribution in [-0.4, -0.2) is 30.3 Å². The van der Waals surface area contributed by atoms with Gasteiger partial charge in [-0.05, 0) is 31.1 Å². The summed E-state index contributed by atoms with van der Waals surface area (Å²) in [5, 5.41) is 12.4. The highest BCUT2D eigenvalue weighted by atomic mass is 16.5. The summed E-state index contributed by atoms with van der Waals surface area (Å²) in [6, 6.07) is 14.5. The number of benzene rings is 2. The van der Waals surface area contributed by atoms with E-state index in [9.17, 15) is 9.59 Å². The van der Waals surface area contributed by atoms with Crippen molar-refractivity contribution in [2.24, 2.45) is 7.05 Å². The average Bonchev–Trinajstić information content (AvgIpc) is 3.51. The fourth-order valence-electron chi connectivity index (χ4n) is 4.90. The minimum Gasteiger partial charge on any atom is -0.454 e. The molecule has 5 aromatic rings. The molecule has 0 unspecified atom stereocenters. The maximum atomic E-state index is 13.3. The first-order valence-corrected chi connectivity index (χ1v) is 13.5. The molecule has 41 heavy (non-hydrogen) atoms. The van der Waals surface area contributed by atoms with Crippen LogP contribution in [0.2, 0.25) is 0 Å². The van der Waals surface area contributed by atoms with Gasteiger partial charge in [0.1, 0.15) is 17.1 Å². The number of aryl methyl sites for hydroxylation is 1. The van der Waals surface area contributed by atoms with Crippen molar-refractivity contribution in [2.75, 3.05) is 10.6 Å². The fraction of sp³-hybridized carbons (Fsp3) is 0.226. The zero-order chi connectivity index (χ0) is 28.7. The van der Waals surface area contributed by atoms with Crippen molar-refractivity contribution in [3.05, 3.63) is 89.1 Å². The molecule has 3 N–H and O–H groups in total. The van der Waals surface area contributed by atoms with Gasteiger partial charge in [0, 0.05) is 47.3 Å². The van der Waals surface area contributed by atoms with Gasteiger partial charge in [-0.2, -0.15) is 5.10 Å². The van der Waals surface area contributed by atoms with E-state index in [1.807, 2.05) is 47.2 Å². The summed E-state index contributed by atoms with van der Waals surface area (Å²) in [5.74, 6) is 1.68. The van der Waals surface area contributed by atoms with Crippen LogP contribution < -0.4 is 21.1 Å². The molecule has 0 radical (unpaired) electrons. The molecule has 0 atom stereocenters. The monoisotopic (exact) mass is 549 g/mol. The third-order valence-corrected chi connectivity index (χ3v) is 7.09. The van der Waals surface area contributed by atoms with E-state index in [1.54, 1.807) is 31.4 Å². The van der Waals surface area contributed by atoms with Crippen LogP contribution in [0.3, 0.4) is 0 Å². The van der Waals surface area contributed by atoms with E-state index in [0.29, 0.717) is 34.2 Å². The maximum Gasteiger partial charge on any atom is 0.327 e. The van der Waals surface area contributed by atoms with Crippen LogP contribution in [0.4, 0.5) is 16.3 Å². The molecule has 0 fully saturated rings. The number of carbonyl (C=O) groups is 1. The number of nitrogens with one attached hydrogen (secondary N) is 3.